The van der Waals surface area contributed by atoms with Gasteiger partial charge in [-0.15, -0.1) is 0 Å². The van der Waals surface area contributed by atoms with Crippen LogP contribution in [0, 0.1) is 11.3 Å². The van der Waals surface area contributed by atoms with Crippen molar-refractivity contribution in [1.82, 2.24) is 0 Å². The van der Waals surface area contributed by atoms with E-state index in [0.29, 0.717) is 29.0 Å². The number of ether oxygens (including phenoxy) is 1. The van der Waals surface area contributed by atoms with Crippen molar-refractivity contribution in [2.24, 2.45) is 0 Å². The Labute approximate surface area is 159 Å². The first-order chi connectivity index (χ1) is 13.0. The number of aryl methyl sites for hydroxylation is 1. The Hall–Kier alpha value is -3.30. The number of benzene rings is 2. The van der Waals surface area contributed by atoms with E-state index in [1.165, 1.54) is 18.2 Å². The molecule has 7 heteroatoms. The Morgan fingerprint density at radius 1 is 1.26 bits per heavy atom. The van der Waals surface area contributed by atoms with Crippen LogP contribution in [0.2, 0.25) is 5.02 Å². The van der Waals surface area contributed by atoms with E-state index in [1.807, 2.05) is 13.0 Å². The normalized spacial score (nSPS) is 10.4. The molecule has 1 N–H and O–H groups in total. The fourth-order valence-electron chi connectivity index (χ4n) is 2.62. The minimum absolute atomic E-state index is 0.235. The molecule has 27 heavy (non-hydrogen) atoms. The summed E-state index contributed by atoms with van der Waals surface area (Å²) in [5.74, 6) is 0.0200. The van der Waals surface area contributed by atoms with Gasteiger partial charge in [0.15, 0.2) is 6.61 Å². The summed E-state index contributed by atoms with van der Waals surface area (Å²) < 4.78 is 10.7. The van der Waals surface area contributed by atoms with Crippen molar-refractivity contribution in [2.45, 2.75) is 13.3 Å². The Morgan fingerprint density at radius 2 is 2.07 bits per heavy atom. The van der Waals surface area contributed by atoms with Crippen LogP contribution in [0.5, 0.6) is 5.75 Å². The summed E-state index contributed by atoms with van der Waals surface area (Å²) in [6.45, 7) is 1.72. The number of nitrogens with zero attached hydrogens (tertiary/aromatic N) is 1. The largest absolute Gasteiger partial charge is 0.484 e. The van der Waals surface area contributed by atoms with Crippen LogP contribution in [0.3, 0.4) is 0 Å². The van der Waals surface area contributed by atoms with E-state index < -0.39 is 5.63 Å². The third-order valence-corrected chi connectivity index (χ3v) is 4.24. The number of nitrogens with one attached hydrogen (secondary N) is 1. The van der Waals surface area contributed by atoms with Crippen LogP contribution < -0.4 is 15.7 Å². The number of anilines is 1. The van der Waals surface area contributed by atoms with Crippen molar-refractivity contribution in [2.75, 3.05) is 11.9 Å². The van der Waals surface area contributed by atoms with Crippen molar-refractivity contribution in [3.05, 3.63) is 69.0 Å². The maximum atomic E-state index is 12.1. The molecule has 0 spiro atoms. The molecule has 1 amide bonds. The van der Waals surface area contributed by atoms with E-state index >= 15 is 0 Å². The molecule has 0 atom stereocenters. The number of carbonyl (C=O) groups excluding carboxylic acids is 1. The molecule has 3 rings (SSSR count). The maximum Gasteiger partial charge on any atom is 0.336 e. The van der Waals surface area contributed by atoms with Gasteiger partial charge < -0.3 is 14.5 Å². The summed E-state index contributed by atoms with van der Waals surface area (Å²) in [5.41, 5.74) is 1.67. The molecule has 0 bridgehead atoms. The molecule has 136 valence electrons. The summed E-state index contributed by atoms with van der Waals surface area (Å²) >= 11 is 5.94. The lowest BCUT2D eigenvalue weighted by molar-refractivity contribution is -0.118. The average Bonchev–Trinajstić information content (AvgIpc) is 2.65. The standard InChI is InChI=1S/C20H15ClN2O4/c1-2-12-7-20(25)27-18-9-15(5-6-16(12)18)26-11-19(24)23-14-4-3-13(10-22)17(21)8-14/h3-9H,2,11H2,1H3,(H,23,24). The van der Waals surface area contributed by atoms with Gasteiger partial charge in [-0.3, -0.25) is 4.79 Å². The highest BCUT2D eigenvalue weighted by atomic mass is 35.5. The molecule has 0 fully saturated rings. The van der Waals surface area contributed by atoms with Crippen LogP contribution in [-0.2, 0) is 11.2 Å². The number of carbonyl (C=O) groups is 1. The molecule has 0 aliphatic rings. The van der Waals surface area contributed by atoms with E-state index in [9.17, 15) is 9.59 Å². The molecular weight excluding hydrogens is 368 g/mol. The fourth-order valence-corrected chi connectivity index (χ4v) is 2.84. The van der Waals surface area contributed by atoms with Gasteiger partial charge in [0.1, 0.15) is 17.4 Å². The quantitative estimate of drug-likeness (QED) is 0.675. The van der Waals surface area contributed by atoms with Gasteiger partial charge in [-0.2, -0.15) is 5.26 Å². The summed E-state index contributed by atoms with van der Waals surface area (Å²) in [6.07, 6.45) is 0.706. The Morgan fingerprint density at radius 3 is 2.78 bits per heavy atom. The van der Waals surface area contributed by atoms with E-state index in [1.54, 1.807) is 24.3 Å². The zero-order chi connectivity index (χ0) is 19.4. The number of fused-ring (bicyclic) bond motifs is 1. The topological polar surface area (TPSA) is 92.3 Å². The summed E-state index contributed by atoms with van der Waals surface area (Å²) in [5, 5.41) is 12.6. The molecule has 2 aromatic carbocycles. The van der Waals surface area contributed by atoms with Gasteiger partial charge in [0, 0.05) is 23.2 Å². The van der Waals surface area contributed by atoms with Crippen molar-refractivity contribution in [1.29, 1.82) is 5.26 Å². The number of amides is 1. The van der Waals surface area contributed by atoms with Crippen molar-refractivity contribution in [3.63, 3.8) is 0 Å². The highest BCUT2D eigenvalue weighted by Gasteiger charge is 2.09. The highest BCUT2D eigenvalue weighted by molar-refractivity contribution is 6.32. The van der Waals surface area contributed by atoms with Crippen LogP contribution in [0.25, 0.3) is 11.0 Å². The predicted octanol–water partition coefficient (Wildman–Crippen LogP) is 3.90. The lowest BCUT2D eigenvalue weighted by Gasteiger charge is -2.09. The molecule has 0 aliphatic heterocycles. The van der Waals surface area contributed by atoms with Gasteiger partial charge in [-0.05, 0) is 42.3 Å². The van der Waals surface area contributed by atoms with E-state index in [-0.39, 0.29) is 17.5 Å². The number of hydrogen-bond donors (Lipinski definition) is 1. The SMILES string of the molecule is CCc1cc(=O)oc2cc(OCC(=O)Nc3ccc(C#N)c(Cl)c3)ccc12. The second-order valence-corrected chi connectivity index (χ2v) is 6.15. The smallest absolute Gasteiger partial charge is 0.336 e. The zero-order valence-corrected chi connectivity index (χ0v) is 15.2. The minimum atomic E-state index is -0.424. The molecule has 0 saturated heterocycles. The highest BCUT2D eigenvalue weighted by Crippen LogP contribution is 2.23. The van der Waals surface area contributed by atoms with Gasteiger partial charge >= 0.3 is 5.63 Å². The summed E-state index contributed by atoms with van der Waals surface area (Å²) in [6, 6.07) is 13.1. The first-order valence-electron chi connectivity index (χ1n) is 8.19. The number of hydrogen-bond acceptors (Lipinski definition) is 5. The van der Waals surface area contributed by atoms with Crippen molar-refractivity contribution < 1.29 is 13.9 Å². The molecule has 0 unspecified atom stereocenters. The summed E-state index contributed by atoms with van der Waals surface area (Å²) in [4.78, 5) is 23.7. The van der Waals surface area contributed by atoms with Crippen LogP contribution >= 0.6 is 11.6 Å². The Bertz CT molecular complexity index is 1120. The molecule has 1 heterocycles. The number of nitriles is 1. The second-order valence-electron chi connectivity index (χ2n) is 5.75. The van der Waals surface area contributed by atoms with Crippen LogP contribution in [0.4, 0.5) is 5.69 Å². The van der Waals surface area contributed by atoms with Gasteiger partial charge in [0.25, 0.3) is 5.91 Å². The minimum Gasteiger partial charge on any atom is -0.484 e. The van der Waals surface area contributed by atoms with Gasteiger partial charge in [-0.1, -0.05) is 18.5 Å². The van der Waals surface area contributed by atoms with Gasteiger partial charge in [0.05, 0.1) is 10.6 Å². The monoisotopic (exact) mass is 382 g/mol. The first kappa shape index (κ1) is 18.5. The molecule has 0 aliphatic carbocycles. The Kier molecular flexibility index (Phi) is 5.43. The summed E-state index contributed by atoms with van der Waals surface area (Å²) in [7, 11) is 0. The number of rotatable bonds is 5. The maximum absolute atomic E-state index is 12.1. The average molecular weight is 383 g/mol. The van der Waals surface area contributed by atoms with Gasteiger partial charge in [-0.25, -0.2) is 4.79 Å². The Balaban J connectivity index is 1.69. The number of halogens is 1. The molecule has 1 aromatic heterocycles. The molecule has 3 aromatic rings. The second kappa shape index (κ2) is 7.94. The van der Waals surface area contributed by atoms with Gasteiger partial charge in [0.2, 0.25) is 0 Å². The molecule has 0 saturated carbocycles. The molecule has 6 nitrogen and oxygen atoms in total. The molecular formula is C20H15ClN2O4. The lowest BCUT2D eigenvalue weighted by Crippen LogP contribution is -2.20. The van der Waals surface area contributed by atoms with Crippen LogP contribution in [0.15, 0.2) is 51.7 Å². The van der Waals surface area contributed by atoms with E-state index in [4.69, 9.17) is 26.0 Å². The third kappa shape index (κ3) is 4.27. The van der Waals surface area contributed by atoms with Crippen LogP contribution in [-0.4, -0.2) is 12.5 Å². The third-order valence-electron chi connectivity index (χ3n) is 3.93. The lowest BCUT2D eigenvalue weighted by atomic mass is 10.1. The molecule has 0 radical (unpaired) electrons. The first-order valence-corrected chi connectivity index (χ1v) is 8.57. The van der Waals surface area contributed by atoms with Crippen molar-refractivity contribution in [3.8, 4) is 11.8 Å². The van der Waals surface area contributed by atoms with E-state index in [2.05, 4.69) is 5.32 Å². The fraction of sp³-hybridized carbons (Fsp3) is 0.150. The zero-order valence-electron chi connectivity index (χ0n) is 14.4. The van der Waals surface area contributed by atoms with Crippen LogP contribution in [0.1, 0.15) is 18.1 Å². The van der Waals surface area contributed by atoms with E-state index in [0.717, 1.165) is 10.9 Å². The van der Waals surface area contributed by atoms with Crippen molar-refractivity contribution >= 4 is 34.2 Å². The predicted molar refractivity (Wildman–Crippen MR) is 102 cm³/mol.